The Morgan fingerprint density at radius 2 is 1.89 bits per heavy atom. The van der Waals surface area contributed by atoms with E-state index in [1.165, 1.54) is 5.57 Å². The maximum atomic E-state index is 10.7. The highest BCUT2D eigenvalue weighted by molar-refractivity contribution is 5.67. The summed E-state index contributed by atoms with van der Waals surface area (Å²) in [5.74, 6) is -0.622. The fourth-order valence-electron chi connectivity index (χ4n) is 4.28. The predicted octanol–water partition coefficient (Wildman–Crippen LogP) is 3.63. The fourth-order valence-corrected chi connectivity index (χ4v) is 4.28. The molecular weight excluding hydrogens is 444 g/mol. The number of hydrogen-bond acceptors (Lipinski definition) is 6. The van der Waals surface area contributed by atoms with Crippen LogP contribution in [-0.4, -0.2) is 57.8 Å². The number of carboxylic acids is 1. The quantitative estimate of drug-likeness (QED) is 0.196. The molecule has 1 aliphatic rings. The van der Waals surface area contributed by atoms with E-state index >= 15 is 0 Å². The Morgan fingerprint density at radius 1 is 1.20 bits per heavy atom. The monoisotopic (exact) mass is 490 g/mol. The third kappa shape index (κ3) is 12.5. The Balaban J connectivity index is 2.57. The maximum Gasteiger partial charge on any atom is 0.304 e. The highest BCUT2D eigenvalue weighted by atomic mass is 16.5. The van der Waals surface area contributed by atoms with Crippen molar-refractivity contribution in [2.75, 3.05) is 0 Å². The molecule has 1 unspecified atom stereocenters. The van der Waals surface area contributed by atoms with Crippen molar-refractivity contribution >= 4 is 5.97 Å². The van der Waals surface area contributed by atoms with Gasteiger partial charge in [0.2, 0.25) is 0 Å². The van der Waals surface area contributed by atoms with Gasteiger partial charge in [-0.25, -0.2) is 0 Å². The minimum absolute atomic E-state index is 0.0476. The lowest BCUT2D eigenvalue weighted by Crippen LogP contribution is -2.48. The van der Waals surface area contributed by atoms with Crippen LogP contribution in [0.2, 0.25) is 0 Å². The molecule has 1 rings (SSSR count). The van der Waals surface area contributed by atoms with Crippen molar-refractivity contribution in [3.05, 3.63) is 59.8 Å². The highest BCUT2D eigenvalue weighted by Crippen LogP contribution is 2.28. The van der Waals surface area contributed by atoms with Crippen molar-refractivity contribution in [1.82, 2.24) is 0 Å². The number of aliphatic hydroxyl groups is 2. The second kappa shape index (κ2) is 15.9. The largest absolute Gasteiger partial charge is 0.481 e. The first-order chi connectivity index (χ1) is 16.4. The maximum absolute atomic E-state index is 10.7. The topological polar surface area (TPSA) is 139 Å². The van der Waals surface area contributed by atoms with Gasteiger partial charge in [0.1, 0.15) is 0 Å². The predicted molar refractivity (Wildman–Crippen MR) is 142 cm³/mol. The van der Waals surface area contributed by atoms with Crippen molar-refractivity contribution in [2.24, 2.45) is 23.3 Å². The van der Waals surface area contributed by atoms with E-state index < -0.39 is 24.2 Å². The van der Waals surface area contributed by atoms with E-state index in [4.69, 9.17) is 21.3 Å². The lowest BCUT2D eigenvalue weighted by molar-refractivity contribution is -0.137. The van der Waals surface area contributed by atoms with E-state index in [-0.39, 0.29) is 37.0 Å². The third-order valence-electron chi connectivity index (χ3n) is 6.21. The summed E-state index contributed by atoms with van der Waals surface area (Å²) in [5, 5.41) is 29.1. The van der Waals surface area contributed by atoms with Crippen LogP contribution in [0, 0.1) is 11.8 Å². The summed E-state index contributed by atoms with van der Waals surface area (Å²) in [4.78, 5) is 10.7. The van der Waals surface area contributed by atoms with Gasteiger partial charge in [-0.05, 0) is 39.5 Å². The van der Waals surface area contributed by atoms with Crippen LogP contribution in [0.1, 0.15) is 60.3 Å². The van der Waals surface area contributed by atoms with Crippen molar-refractivity contribution in [3.63, 3.8) is 0 Å². The minimum Gasteiger partial charge on any atom is -0.481 e. The van der Waals surface area contributed by atoms with Gasteiger partial charge in [-0.2, -0.15) is 0 Å². The molecule has 0 saturated carbocycles. The van der Waals surface area contributed by atoms with Gasteiger partial charge in [-0.15, -0.1) is 0 Å². The first-order valence-corrected chi connectivity index (χ1v) is 12.5. The molecule has 35 heavy (non-hydrogen) atoms. The molecule has 1 aliphatic heterocycles. The second-order valence-corrected chi connectivity index (χ2v) is 9.91. The van der Waals surface area contributed by atoms with E-state index in [2.05, 4.69) is 19.9 Å². The third-order valence-corrected chi connectivity index (χ3v) is 6.21. The summed E-state index contributed by atoms with van der Waals surface area (Å²) in [7, 11) is 0. The molecule has 1 heterocycles. The van der Waals surface area contributed by atoms with Crippen molar-refractivity contribution in [1.29, 1.82) is 0 Å². The van der Waals surface area contributed by atoms with Crippen LogP contribution in [0.15, 0.2) is 59.8 Å². The number of carboxylic acid groups (broad SMARTS) is 1. The summed E-state index contributed by atoms with van der Waals surface area (Å²) in [5.41, 5.74) is 14.3. The molecule has 0 spiro atoms. The van der Waals surface area contributed by atoms with Crippen LogP contribution in [0.5, 0.6) is 0 Å². The van der Waals surface area contributed by atoms with Crippen molar-refractivity contribution in [3.8, 4) is 0 Å². The van der Waals surface area contributed by atoms with Gasteiger partial charge in [-0.1, -0.05) is 73.6 Å². The van der Waals surface area contributed by atoms with E-state index in [0.717, 1.165) is 12.0 Å². The molecule has 0 aromatic carbocycles. The zero-order chi connectivity index (χ0) is 26.5. The Labute approximate surface area is 210 Å². The highest BCUT2D eigenvalue weighted by Gasteiger charge is 2.35. The van der Waals surface area contributed by atoms with Crippen LogP contribution >= 0.6 is 0 Å². The lowest BCUT2D eigenvalue weighted by Gasteiger charge is -2.38. The average Bonchev–Trinajstić information content (AvgIpc) is 2.74. The Kier molecular flexibility index (Phi) is 14.0. The Hall–Kier alpha value is -2.03. The molecule has 198 valence electrons. The summed E-state index contributed by atoms with van der Waals surface area (Å²) in [6, 6.07) is -0.870. The lowest BCUT2D eigenvalue weighted by atomic mass is 9.88. The number of ether oxygens (including phenoxy) is 1. The molecule has 0 amide bonds. The van der Waals surface area contributed by atoms with Gasteiger partial charge in [0.25, 0.3) is 0 Å². The summed E-state index contributed by atoms with van der Waals surface area (Å²) < 4.78 is 6.11. The molecule has 0 aromatic rings. The van der Waals surface area contributed by atoms with Gasteiger partial charge >= 0.3 is 5.97 Å². The van der Waals surface area contributed by atoms with E-state index in [9.17, 15) is 15.0 Å². The van der Waals surface area contributed by atoms with Crippen molar-refractivity contribution < 1.29 is 24.9 Å². The number of rotatable bonds is 13. The number of carbonyl (C=O) groups is 1. The average molecular weight is 491 g/mol. The zero-order valence-corrected chi connectivity index (χ0v) is 21.9. The summed E-state index contributed by atoms with van der Waals surface area (Å²) >= 11 is 0. The van der Waals surface area contributed by atoms with Crippen molar-refractivity contribution in [2.45, 2.75) is 96.8 Å². The number of nitrogens with two attached hydrogens (primary N) is 2. The van der Waals surface area contributed by atoms with Crippen LogP contribution in [-0.2, 0) is 9.53 Å². The van der Waals surface area contributed by atoms with Gasteiger partial charge in [-0.3, -0.25) is 4.79 Å². The molecule has 7 N–H and O–H groups in total. The van der Waals surface area contributed by atoms with Crippen LogP contribution in [0.3, 0.4) is 0 Å². The summed E-state index contributed by atoms with van der Waals surface area (Å²) in [6.45, 7) is 10.1. The fraction of sp³-hybridized carbons (Fsp3) is 0.607. The number of aliphatic carboxylic acids is 1. The minimum atomic E-state index is -0.965. The SMILES string of the molecule is C/C=C/[C@@H]1O[C@H]([C@H](N)/C=C/C=C(\C)C[C@@H](C)/C=C(C)\C=C\[C@H](O)CC(N)CC(=O)O)C[C@@H](O)[C@@H]1C. The Bertz CT molecular complexity index is 801. The number of hydrogen-bond donors (Lipinski definition) is 5. The molecule has 0 aromatic heterocycles. The zero-order valence-electron chi connectivity index (χ0n) is 21.9. The van der Waals surface area contributed by atoms with E-state index in [0.29, 0.717) is 12.3 Å². The van der Waals surface area contributed by atoms with Gasteiger partial charge in [0.15, 0.2) is 0 Å². The van der Waals surface area contributed by atoms with Crippen LogP contribution in [0.4, 0.5) is 0 Å². The molecule has 1 saturated heterocycles. The van der Waals surface area contributed by atoms with Crippen LogP contribution < -0.4 is 11.5 Å². The molecule has 0 bridgehead atoms. The molecule has 8 atom stereocenters. The van der Waals surface area contributed by atoms with Gasteiger partial charge in [0.05, 0.1) is 30.8 Å². The molecule has 0 aliphatic carbocycles. The smallest absolute Gasteiger partial charge is 0.304 e. The Morgan fingerprint density at radius 3 is 2.51 bits per heavy atom. The molecule has 1 fully saturated rings. The molecular formula is C28H46N2O5. The van der Waals surface area contributed by atoms with Gasteiger partial charge < -0.3 is 31.5 Å². The second-order valence-electron chi connectivity index (χ2n) is 9.91. The normalized spacial score (nSPS) is 28.0. The van der Waals surface area contributed by atoms with Gasteiger partial charge in [0, 0.05) is 24.4 Å². The number of allylic oxidation sites excluding steroid dienone is 7. The van der Waals surface area contributed by atoms with Crippen LogP contribution in [0.25, 0.3) is 0 Å². The molecule has 7 nitrogen and oxygen atoms in total. The number of aliphatic hydroxyl groups excluding tert-OH is 2. The first-order valence-electron chi connectivity index (χ1n) is 12.5. The standard InChI is InChI=1S/C28H46N2O5/c1-6-8-26-21(5)25(32)17-27(35-26)24(30)10-7-9-18(2)13-20(4)14-19(3)11-12-23(31)15-22(29)16-28(33)34/h6-12,14,20-27,31-32H,13,15-17,29-30H2,1-5H3,(H,33,34)/b8-6+,10-7+,12-11+,18-9+,19-14-/t20-,21+,22?,23+,24-,25-,26+,27+/m1/s1. The van der Waals surface area contributed by atoms with E-state index in [1.54, 1.807) is 6.08 Å². The van der Waals surface area contributed by atoms with E-state index in [1.807, 2.05) is 57.2 Å². The summed E-state index contributed by atoms with van der Waals surface area (Å²) in [6.07, 6.45) is 15.4. The first kappa shape index (κ1) is 31.0. The molecule has 0 radical (unpaired) electrons. The molecule has 7 heteroatoms.